The van der Waals surface area contributed by atoms with E-state index in [1.807, 2.05) is 5.38 Å². The minimum Gasteiger partial charge on any atom is -0.382 e. The number of amidine groups is 2. The van der Waals surface area contributed by atoms with E-state index in [-0.39, 0.29) is 18.2 Å². The molecule has 3 rings (SSSR count). The maximum Gasteiger partial charge on any atom is 0.186 e. The summed E-state index contributed by atoms with van der Waals surface area (Å²) < 4.78 is 14.6. The molecule has 0 unspecified atom stereocenters. The lowest BCUT2D eigenvalue weighted by Crippen LogP contribution is -2.18. The fraction of sp³-hybridized carbons (Fsp3) is 0.0588. The summed E-state index contributed by atoms with van der Waals surface area (Å²) in [5.74, 6) is 0.247. The molecule has 126 valence electrons. The van der Waals surface area contributed by atoms with E-state index in [1.165, 1.54) is 17.4 Å². The SMILES string of the molecule is NC(=NC(=NCc1ccccc1F)c1nccs1)c1cc(Br)ccn1. The third kappa shape index (κ3) is 4.55. The number of hydrogen-bond donors (Lipinski definition) is 1. The van der Waals surface area contributed by atoms with Gasteiger partial charge in [-0.05, 0) is 18.2 Å². The van der Waals surface area contributed by atoms with Gasteiger partial charge in [-0.2, -0.15) is 0 Å². The molecule has 0 saturated heterocycles. The first-order valence-corrected chi connectivity index (χ1v) is 8.94. The summed E-state index contributed by atoms with van der Waals surface area (Å²) in [7, 11) is 0. The molecule has 0 atom stereocenters. The van der Waals surface area contributed by atoms with Crippen molar-refractivity contribution in [2.75, 3.05) is 0 Å². The minimum absolute atomic E-state index is 0.143. The molecular formula is C17H13BrFN5S. The third-order valence-corrected chi connectivity index (χ3v) is 4.45. The van der Waals surface area contributed by atoms with E-state index < -0.39 is 0 Å². The van der Waals surface area contributed by atoms with Crippen molar-refractivity contribution in [3.05, 3.63) is 80.7 Å². The number of thiazole rings is 1. The van der Waals surface area contributed by atoms with Gasteiger partial charge in [0.15, 0.2) is 16.7 Å². The average molecular weight is 418 g/mol. The molecule has 1 aromatic carbocycles. The van der Waals surface area contributed by atoms with Crippen molar-refractivity contribution < 1.29 is 4.39 Å². The van der Waals surface area contributed by atoms with Crippen LogP contribution in [0.15, 0.2) is 68.6 Å². The molecule has 0 aliphatic heterocycles. The summed E-state index contributed by atoms with van der Waals surface area (Å²) in [4.78, 5) is 17.2. The molecule has 0 aliphatic carbocycles. The molecule has 8 heteroatoms. The van der Waals surface area contributed by atoms with Gasteiger partial charge in [0.1, 0.15) is 11.5 Å². The highest BCUT2D eigenvalue weighted by atomic mass is 79.9. The third-order valence-electron chi connectivity index (χ3n) is 3.19. The molecule has 0 amide bonds. The summed E-state index contributed by atoms with van der Waals surface area (Å²) in [6.45, 7) is 0.143. The summed E-state index contributed by atoms with van der Waals surface area (Å²) in [6, 6.07) is 10.0. The van der Waals surface area contributed by atoms with Crippen molar-refractivity contribution in [3.8, 4) is 0 Å². The van der Waals surface area contributed by atoms with E-state index >= 15 is 0 Å². The van der Waals surface area contributed by atoms with Gasteiger partial charge >= 0.3 is 0 Å². The lowest BCUT2D eigenvalue weighted by atomic mass is 10.2. The number of nitrogens with zero attached hydrogens (tertiary/aromatic N) is 4. The molecule has 3 aromatic rings. The van der Waals surface area contributed by atoms with Crippen LogP contribution in [0.2, 0.25) is 0 Å². The van der Waals surface area contributed by atoms with Crippen molar-refractivity contribution in [2.24, 2.45) is 15.7 Å². The van der Waals surface area contributed by atoms with Crippen LogP contribution in [0.3, 0.4) is 0 Å². The van der Waals surface area contributed by atoms with E-state index in [4.69, 9.17) is 5.73 Å². The largest absolute Gasteiger partial charge is 0.382 e. The number of hydrogen-bond acceptors (Lipinski definition) is 4. The normalized spacial score (nSPS) is 12.4. The molecule has 0 spiro atoms. The zero-order valence-corrected chi connectivity index (χ0v) is 15.3. The standard InChI is InChI=1S/C17H13BrFN5S/c18-12-5-6-21-14(9-12)15(20)24-16(17-22-7-8-25-17)23-10-11-3-1-2-4-13(11)19/h1-9H,10H2,(H2,20,23,24). The molecule has 0 bridgehead atoms. The van der Waals surface area contributed by atoms with Gasteiger partial charge in [0.25, 0.3) is 0 Å². The predicted molar refractivity (Wildman–Crippen MR) is 101 cm³/mol. The number of nitrogens with two attached hydrogens (primary N) is 1. The van der Waals surface area contributed by atoms with Crippen molar-refractivity contribution in [3.63, 3.8) is 0 Å². The Morgan fingerprint density at radius 1 is 1.20 bits per heavy atom. The molecule has 5 nitrogen and oxygen atoms in total. The molecule has 25 heavy (non-hydrogen) atoms. The lowest BCUT2D eigenvalue weighted by molar-refractivity contribution is 0.611. The first-order valence-electron chi connectivity index (χ1n) is 7.27. The Balaban J connectivity index is 1.94. The summed E-state index contributed by atoms with van der Waals surface area (Å²) in [5, 5.41) is 2.42. The molecule has 0 radical (unpaired) electrons. The van der Waals surface area contributed by atoms with Gasteiger partial charge in [-0.3, -0.25) is 9.98 Å². The summed E-state index contributed by atoms with van der Waals surface area (Å²) in [6.07, 6.45) is 3.28. The number of benzene rings is 1. The van der Waals surface area contributed by atoms with Crippen LogP contribution in [-0.2, 0) is 6.54 Å². The minimum atomic E-state index is -0.310. The average Bonchev–Trinajstić information content (AvgIpc) is 3.14. The summed E-state index contributed by atoms with van der Waals surface area (Å²) in [5.41, 5.74) is 7.05. The fourth-order valence-corrected chi connectivity index (χ4v) is 2.91. The Morgan fingerprint density at radius 3 is 2.76 bits per heavy atom. The number of aromatic nitrogens is 2. The molecule has 2 N–H and O–H groups in total. The van der Waals surface area contributed by atoms with Crippen LogP contribution in [0.25, 0.3) is 0 Å². The quantitative estimate of drug-likeness (QED) is 0.518. The van der Waals surface area contributed by atoms with Gasteiger partial charge in [-0.15, -0.1) is 11.3 Å². The zero-order valence-electron chi connectivity index (χ0n) is 12.9. The van der Waals surface area contributed by atoms with E-state index in [1.54, 1.807) is 42.7 Å². The Kier molecular flexibility index (Phi) is 5.62. The van der Waals surface area contributed by atoms with Crippen LogP contribution in [0.1, 0.15) is 16.3 Å². The Hall–Kier alpha value is -2.45. The van der Waals surface area contributed by atoms with Gasteiger partial charge in [0.2, 0.25) is 0 Å². The second-order valence-electron chi connectivity index (χ2n) is 4.92. The molecule has 0 aliphatic rings. The van der Waals surface area contributed by atoms with Crippen LogP contribution in [0, 0.1) is 5.82 Å². The van der Waals surface area contributed by atoms with Gasteiger partial charge in [0, 0.05) is 27.8 Å². The second kappa shape index (κ2) is 8.09. The van der Waals surface area contributed by atoms with E-state index in [0.717, 1.165) is 4.47 Å². The van der Waals surface area contributed by atoms with Crippen LogP contribution >= 0.6 is 27.3 Å². The molecule has 0 saturated carbocycles. The zero-order chi connectivity index (χ0) is 17.6. The van der Waals surface area contributed by atoms with Gasteiger partial charge in [0.05, 0.1) is 6.54 Å². The van der Waals surface area contributed by atoms with Gasteiger partial charge < -0.3 is 5.73 Å². The Labute approximate surface area is 156 Å². The van der Waals surface area contributed by atoms with Crippen LogP contribution < -0.4 is 5.73 Å². The van der Waals surface area contributed by atoms with Crippen LogP contribution in [0.5, 0.6) is 0 Å². The van der Waals surface area contributed by atoms with Gasteiger partial charge in [-0.25, -0.2) is 14.4 Å². The maximum atomic E-state index is 13.8. The van der Waals surface area contributed by atoms with E-state index in [9.17, 15) is 4.39 Å². The van der Waals surface area contributed by atoms with Crippen molar-refractivity contribution in [1.29, 1.82) is 0 Å². The highest BCUT2D eigenvalue weighted by Gasteiger charge is 2.09. The Morgan fingerprint density at radius 2 is 2.04 bits per heavy atom. The highest BCUT2D eigenvalue weighted by Crippen LogP contribution is 2.13. The lowest BCUT2D eigenvalue weighted by Gasteiger charge is -2.03. The van der Waals surface area contributed by atoms with E-state index in [0.29, 0.717) is 22.1 Å². The molecule has 2 aromatic heterocycles. The predicted octanol–water partition coefficient (Wildman–Crippen LogP) is 3.79. The van der Waals surface area contributed by atoms with E-state index in [2.05, 4.69) is 35.9 Å². The van der Waals surface area contributed by atoms with Crippen molar-refractivity contribution in [2.45, 2.75) is 6.54 Å². The van der Waals surface area contributed by atoms with Crippen molar-refractivity contribution in [1.82, 2.24) is 9.97 Å². The number of pyridine rings is 1. The van der Waals surface area contributed by atoms with Gasteiger partial charge in [-0.1, -0.05) is 34.1 Å². The maximum absolute atomic E-state index is 13.8. The van der Waals surface area contributed by atoms with Crippen LogP contribution in [0.4, 0.5) is 4.39 Å². The first-order chi connectivity index (χ1) is 12.1. The highest BCUT2D eigenvalue weighted by molar-refractivity contribution is 9.10. The fourth-order valence-electron chi connectivity index (χ4n) is 1.99. The smallest absolute Gasteiger partial charge is 0.186 e. The molecule has 2 heterocycles. The first kappa shape index (κ1) is 17.4. The van der Waals surface area contributed by atoms with Crippen LogP contribution in [-0.4, -0.2) is 21.6 Å². The van der Waals surface area contributed by atoms with Crippen molar-refractivity contribution >= 4 is 38.9 Å². The Bertz CT molecular complexity index is 924. The number of rotatable bonds is 4. The number of halogens is 2. The topological polar surface area (TPSA) is 76.5 Å². The second-order valence-corrected chi connectivity index (χ2v) is 6.74. The monoisotopic (exact) mass is 417 g/mol. The molecular weight excluding hydrogens is 405 g/mol. The molecule has 0 fully saturated rings. The number of aliphatic imine (C=N–C) groups is 2. The summed E-state index contributed by atoms with van der Waals surface area (Å²) >= 11 is 4.75.